The summed E-state index contributed by atoms with van der Waals surface area (Å²) in [4.78, 5) is 26.2. The number of carbonyl (C=O) groups is 2. The molecule has 0 radical (unpaired) electrons. The van der Waals surface area contributed by atoms with Gasteiger partial charge >= 0.3 is 0 Å². The van der Waals surface area contributed by atoms with Gasteiger partial charge in [0.1, 0.15) is 0 Å². The molecular weight excluding hydrogens is 328 g/mol. The molecule has 0 bridgehead atoms. The minimum Gasteiger partial charge on any atom is -0.277 e. The quantitative estimate of drug-likeness (QED) is 0.627. The van der Waals surface area contributed by atoms with Crippen LogP contribution in [0.4, 0.5) is 8.78 Å². The summed E-state index contributed by atoms with van der Waals surface area (Å²) in [5.41, 5.74) is 1.54. The van der Waals surface area contributed by atoms with Gasteiger partial charge in [0.2, 0.25) is 0 Å². The van der Waals surface area contributed by atoms with Gasteiger partial charge in [0, 0.05) is 6.17 Å². The molecule has 3 nitrogen and oxygen atoms in total. The Morgan fingerprint density at radius 2 is 1.50 bits per heavy atom. The molecule has 24 heavy (non-hydrogen) atoms. The molecule has 0 saturated carbocycles. The van der Waals surface area contributed by atoms with Crippen LogP contribution in [0.25, 0.3) is 0 Å². The summed E-state index contributed by atoms with van der Waals surface area (Å²) in [6.45, 7) is 4.05. The topological polar surface area (TPSA) is 37.4 Å². The van der Waals surface area contributed by atoms with Crippen LogP contribution in [-0.2, 0) is 6.04 Å². The molecule has 2 aromatic carbocycles. The number of carbonyl (C=O) groups excluding carboxylic acids is 2. The van der Waals surface area contributed by atoms with Crippen LogP contribution in [0, 0.1) is 11.6 Å². The standard InChI is InChI=1S/C18H17F2NO2Si/c1-24(2,10-12-7-8-15(19)16(20)9-12)11-21-17(22)13-5-3-4-6-14(13)18(21)23/h3-9H,10-11H2,1-2H3. The highest BCUT2D eigenvalue weighted by molar-refractivity contribution is 6.77. The molecule has 1 heterocycles. The Labute approximate surface area is 139 Å². The molecule has 1 aliphatic rings. The van der Waals surface area contributed by atoms with Gasteiger partial charge in [-0.05, 0) is 35.9 Å². The van der Waals surface area contributed by atoms with Crippen molar-refractivity contribution in [1.29, 1.82) is 0 Å². The van der Waals surface area contributed by atoms with E-state index in [1.54, 1.807) is 30.3 Å². The molecule has 2 amide bonds. The lowest BCUT2D eigenvalue weighted by Crippen LogP contribution is -2.47. The maximum Gasteiger partial charge on any atom is 0.261 e. The first-order chi connectivity index (χ1) is 11.3. The zero-order chi connectivity index (χ0) is 17.5. The Balaban J connectivity index is 1.79. The van der Waals surface area contributed by atoms with E-state index in [0.29, 0.717) is 28.9 Å². The zero-order valence-electron chi connectivity index (χ0n) is 13.5. The van der Waals surface area contributed by atoms with Crippen LogP contribution >= 0.6 is 0 Å². The van der Waals surface area contributed by atoms with Crippen LogP contribution in [0.5, 0.6) is 0 Å². The highest BCUT2D eigenvalue weighted by Gasteiger charge is 2.38. The number of imide groups is 1. The molecule has 1 aliphatic heterocycles. The Morgan fingerprint density at radius 3 is 2.04 bits per heavy atom. The number of fused-ring (bicyclic) bond motifs is 1. The third kappa shape index (κ3) is 3.01. The first kappa shape index (κ1) is 16.5. The fourth-order valence-electron chi connectivity index (χ4n) is 3.07. The lowest BCUT2D eigenvalue weighted by Gasteiger charge is -2.27. The van der Waals surface area contributed by atoms with E-state index >= 15 is 0 Å². The molecule has 0 spiro atoms. The number of hydrogen-bond acceptors (Lipinski definition) is 2. The van der Waals surface area contributed by atoms with Crippen LogP contribution in [0.15, 0.2) is 42.5 Å². The van der Waals surface area contributed by atoms with E-state index in [-0.39, 0.29) is 11.8 Å². The molecule has 0 unspecified atom stereocenters. The summed E-state index contributed by atoms with van der Waals surface area (Å²) in [5.74, 6) is -2.31. The van der Waals surface area contributed by atoms with Gasteiger partial charge in [-0.1, -0.05) is 31.3 Å². The van der Waals surface area contributed by atoms with E-state index in [0.717, 1.165) is 6.07 Å². The smallest absolute Gasteiger partial charge is 0.261 e. The van der Waals surface area contributed by atoms with Gasteiger partial charge in [-0.15, -0.1) is 0 Å². The number of amides is 2. The van der Waals surface area contributed by atoms with Crippen LogP contribution in [0.3, 0.4) is 0 Å². The Hall–Kier alpha value is -2.34. The average Bonchev–Trinajstić information content (AvgIpc) is 2.76. The Morgan fingerprint density at radius 1 is 0.917 bits per heavy atom. The second-order valence-electron chi connectivity index (χ2n) is 6.83. The summed E-state index contributed by atoms with van der Waals surface area (Å²) >= 11 is 0. The van der Waals surface area contributed by atoms with Crippen LogP contribution in [0.1, 0.15) is 26.3 Å². The number of hydrogen-bond donors (Lipinski definition) is 0. The zero-order valence-corrected chi connectivity index (χ0v) is 14.5. The number of benzene rings is 2. The number of rotatable bonds is 4. The highest BCUT2D eigenvalue weighted by Crippen LogP contribution is 2.25. The van der Waals surface area contributed by atoms with Gasteiger partial charge in [-0.3, -0.25) is 14.5 Å². The largest absolute Gasteiger partial charge is 0.277 e. The van der Waals surface area contributed by atoms with E-state index < -0.39 is 19.7 Å². The minimum absolute atomic E-state index is 0.276. The van der Waals surface area contributed by atoms with E-state index in [1.165, 1.54) is 11.0 Å². The fourth-order valence-corrected chi connectivity index (χ4v) is 5.65. The van der Waals surface area contributed by atoms with Crippen molar-refractivity contribution in [3.63, 3.8) is 0 Å². The predicted molar refractivity (Wildman–Crippen MR) is 89.4 cm³/mol. The van der Waals surface area contributed by atoms with Crippen molar-refractivity contribution in [1.82, 2.24) is 4.90 Å². The summed E-state index contributed by atoms with van der Waals surface area (Å²) in [7, 11) is -2.08. The van der Waals surface area contributed by atoms with Crippen molar-refractivity contribution in [3.8, 4) is 0 Å². The van der Waals surface area contributed by atoms with Crippen molar-refractivity contribution in [2.24, 2.45) is 0 Å². The van der Waals surface area contributed by atoms with Gasteiger partial charge in [0.05, 0.1) is 19.2 Å². The molecule has 0 atom stereocenters. The van der Waals surface area contributed by atoms with Crippen molar-refractivity contribution in [3.05, 3.63) is 70.8 Å². The summed E-state index contributed by atoms with van der Waals surface area (Å²) < 4.78 is 26.4. The lowest BCUT2D eigenvalue weighted by molar-refractivity contribution is 0.0677. The van der Waals surface area contributed by atoms with Crippen LogP contribution in [0.2, 0.25) is 13.1 Å². The predicted octanol–water partition coefficient (Wildman–Crippen LogP) is 3.59. The molecule has 2 aromatic rings. The monoisotopic (exact) mass is 345 g/mol. The molecule has 6 heteroatoms. The van der Waals surface area contributed by atoms with Crippen molar-refractivity contribution in [2.45, 2.75) is 19.1 Å². The van der Waals surface area contributed by atoms with Crippen molar-refractivity contribution < 1.29 is 18.4 Å². The lowest BCUT2D eigenvalue weighted by atomic mass is 10.1. The third-order valence-electron chi connectivity index (χ3n) is 4.13. The molecule has 0 fully saturated rings. The number of nitrogens with zero attached hydrogens (tertiary/aromatic N) is 1. The second-order valence-corrected chi connectivity index (χ2v) is 11.8. The molecule has 3 rings (SSSR count). The average molecular weight is 345 g/mol. The van der Waals surface area contributed by atoms with Gasteiger partial charge in [0.25, 0.3) is 11.8 Å². The first-order valence-corrected chi connectivity index (χ1v) is 11.1. The molecule has 0 N–H and O–H groups in total. The normalized spacial score (nSPS) is 14.2. The summed E-state index contributed by atoms with van der Waals surface area (Å²) in [6.07, 6.45) is 0.346. The van der Waals surface area contributed by atoms with E-state index in [1.807, 2.05) is 13.1 Å². The highest BCUT2D eigenvalue weighted by atomic mass is 28.3. The van der Waals surface area contributed by atoms with Gasteiger partial charge in [0.15, 0.2) is 11.6 Å². The summed E-state index contributed by atoms with van der Waals surface area (Å²) in [6, 6.07) is 11.2. The second kappa shape index (κ2) is 5.94. The van der Waals surface area contributed by atoms with Gasteiger partial charge in [-0.2, -0.15) is 0 Å². The fraction of sp³-hybridized carbons (Fsp3) is 0.222. The number of halogens is 2. The van der Waals surface area contributed by atoms with Crippen molar-refractivity contribution >= 4 is 19.9 Å². The first-order valence-electron chi connectivity index (χ1n) is 7.68. The molecule has 0 aromatic heterocycles. The summed E-state index contributed by atoms with van der Waals surface area (Å²) in [5, 5.41) is 0. The van der Waals surface area contributed by atoms with Crippen molar-refractivity contribution in [2.75, 3.05) is 6.17 Å². The molecule has 0 aliphatic carbocycles. The Bertz CT molecular complexity index is 801. The van der Waals surface area contributed by atoms with Crippen LogP contribution in [-0.4, -0.2) is 31.0 Å². The minimum atomic E-state index is -2.08. The van der Waals surface area contributed by atoms with E-state index in [4.69, 9.17) is 0 Å². The van der Waals surface area contributed by atoms with E-state index in [2.05, 4.69) is 0 Å². The molecular formula is C18H17F2NO2Si. The molecule has 124 valence electrons. The maximum atomic E-state index is 13.4. The van der Waals surface area contributed by atoms with Gasteiger partial charge < -0.3 is 0 Å². The SMILES string of the molecule is C[Si](C)(Cc1ccc(F)c(F)c1)CN1C(=O)c2ccccc2C1=O. The Kier molecular flexibility index (Phi) is 4.09. The van der Waals surface area contributed by atoms with E-state index in [9.17, 15) is 18.4 Å². The maximum absolute atomic E-state index is 13.4. The molecule has 0 saturated heterocycles. The van der Waals surface area contributed by atoms with Crippen LogP contribution < -0.4 is 0 Å². The third-order valence-corrected chi connectivity index (χ3v) is 6.67. The van der Waals surface area contributed by atoms with Gasteiger partial charge in [-0.25, -0.2) is 8.78 Å².